The van der Waals surface area contributed by atoms with Gasteiger partial charge in [-0.2, -0.15) is 0 Å². The minimum absolute atomic E-state index is 0.120. The number of anilines is 2. The van der Waals surface area contributed by atoms with Gasteiger partial charge in [0.1, 0.15) is 5.82 Å². The Balaban J connectivity index is 1.74. The first-order valence-corrected chi connectivity index (χ1v) is 7.62. The second-order valence-corrected chi connectivity index (χ2v) is 5.88. The zero-order valence-corrected chi connectivity index (χ0v) is 12.2. The van der Waals surface area contributed by atoms with Crippen molar-refractivity contribution >= 4 is 17.5 Å². The van der Waals surface area contributed by atoms with E-state index in [1.807, 2.05) is 11.0 Å². The first kappa shape index (κ1) is 13.2. The predicted molar refractivity (Wildman–Crippen MR) is 83.1 cm³/mol. The van der Waals surface area contributed by atoms with Crippen LogP contribution in [0.1, 0.15) is 31.4 Å². The van der Waals surface area contributed by atoms with Crippen molar-refractivity contribution < 1.29 is 4.79 Å². The lowest BCUT2D eigenvalue weighted by Crippen LogP contribution is -2.36. The van der Waals surface area contributed by atoms with E-state index in [4.69, 9.17) is 10.7 Å². The highest BCUT2D eigenvalue weighted by molar-refractivity contribution is 6.00. The normalized spacial score (nSPS) is 18.0. The van der Waals surface area contributed by atoms with Gasteiger partial charge in [-0.1, -0.05) is 12.8 Å². The number of rotatable bonds is 2. The van der Waals surface area contributed by atoms with E-state index in [1.165, 1.54) is 12.8 Å². The van der Waals surface area contributed by atoms with Gasteiger partial charge in [0, 0.05) is 17.8 Å². The highest BCUT2D eigenvalue weighted by Gasteiger charge is 2.36. The Labute approximate surface area is 128 Å². The number of carbonyl (C=O) groups is 1. The molecule has 2 aromatic rings. The number of hydrogen-bond acceptors (Lipinski definition) is 5. The van der Waals surface area contributed by atoms with Crippen molar-refractivity contribution in [1.82, 2.24) is 15.0 Å². The SMILES string of the molecule is Nc1ccc(-c2cnc3c(n2)N(C2CCCC2)C(=O)C3)cn1. The Morgan fingerprint density at radius 3 is 2.68 bits per heavy atom. The summed E-state index contributed by atoms with van der Waals surface area (Å²) in [6, 6.07) is 3.89. The lowest BCUT2D eigenvalue weighted by Gasteiger charge is -2.23. The molecular weight excluding hydrogens is 278 g/mol. The number of nitrogens with two attached hydrogens (primary N) is 1. The molecule has 0 radical (unpaired) electrons. The van der Waals surface area contributed by atoms with Crippen LogP contribution in [0.2, 0.25) is 0 Å². The fourth-order valence-corrected chi connectivity index (χ4v) is 3.30. The van der Waals surface area contributed by atoms with Crippen molar-refractivity contribution in [2.24, 2.45) is 0 Å². The lowest BCUT2D eigenvalue weighted by atomic mass is 10.2. The molecule has 0 spiro atoms. The van der Waals surface area contributed by atoms with Gasteiger partial charge >= 0.3 is 0 Å². The van der Waals surface area contributed by atoms with Crippen LogP contribution in [0.15, 0.2) is 24.5 Å². The zero-order chi connectivity index (χ0) is 15.1. The van der Waals surface area contributed by atoms with E-state index in [9.17, 15) is 4.79 Å². The molecular formula is C16H17N5O. The second-order valence-electron chi connectivity index (χ2n) is 5.88. The molecule has 3 heterocycles. The molecule has 1 aliphatic heterocycles. The van der Waals surface area contributed by atoms with Crippen molar-refractivity contribution in [3.8, 4) is 11.3 Å². The Bertz CT molecular complexity index is 722. The first-order chi connectivity index (χ1) is 10.7. The maximum atomic E-state index is 12.3. The summed E-state index contributed by atoms with van der Waals surface area (Å²) < 4.78 is 0. The largest absolute Gasteiger partial charge is 0.384 e. The van der Waals surface area contributed by atoms with E-state index >= 15 is 0 Å². The third-order valence-corrected chi connectivity index (χ3v) is 4.41. The van der Waals surface area contributed by atoms with Crippen LogP contribution in [0, 0.1) is 0 Å². The number of nitrogens with zero attached hydrogens (tertiary/aromatic N) is 4. The summed E-state index contributed by atoms with van der Waals surface area (Å²) in [5.74, 6) is 1.32. The summed E-state index contributed by atoms with van der Waals surface area (Å²) in [6.45, 7) is 0. The van der Waals surface area contributed by atoms with Crippen molar-refractivity contribution in [1.29, 1.82) is 0 Å². The summed E-state index contributed by atoms with van der Waals surface area (Å²) in [6.07, 6.45) is 8.22. The molecule has 4 rings (SSSR count). The van der Waals surface area contributed by atoms with Gasteiger partial charge in [-0.3, -0.25) is 14.7 Å². The predicted octanol–water partition coefficient (Wildman–Crippen LogP) is 1.95. The van der Waals surface area contributed by atoms with E-state index in [0.717, 1.165) is 35.6 Å². The zero-order valence-electron chi connectivity index (χ0n) is 12.2. The van der Waals surface area contributed by atoms with Crippen LogP contribution in [0.4, 0.5) is 11.6 Å². The molecule has 0 bridgehead atoms. The Morgan fingerprint density at radius 2 is 1.95 bits per heavy atom. The topological polar surface area (TPSA) is 85.0 Å². The van der Waals surface area contributed by atoms with Gasteiger partial charge in [-0.05, 0) is 25.0 Å². The molecule has 1 saturated carbocycles. The number of amides is 1. The monoisotopic (exact) mass is 295 g/mol. The standard InChI is InChI=1S/C16H17N5O/c17-14-6-5-10(8-19-14)13-9-18-12-7-15(22)21(16(12)20-13)11-3-1-2-4-11/h5-6,8-9,11H,1-4,7H2,(H2,17,19). The number of carbonyl (C=O) groups excluding carboxylic acids is 1. The molecule has 112 valence electrons. The van der Waals surface area contributed by atoms with Gasteiger partial charge < -0.3 is 5.73 Å². The van der Waals surface area contributed by atoms with Crippen LogP contribution in [0.25, 0.3) is 11.3 Å². The van der Waals surface area contributed by atoms with E-state index in [1.54, 1.807) is 18.5 Å². The summed E-state index contributed by atoms with van der Waals surface area (Å²) in [5.41, 5.74) is 7.98. The Kier molecular flexibility index (Phi) is 3.03. The summed E-state index contributed by atoms with van der Waals surface area (Å²) in [7, 11) is 0. The van der Waals surface area contributed by atoms with Gasteiger partial charge in [0.15, 0.2) is 5.82 Å². The molecule has 0 saturated heterocycles. The molecule has 6 heteroatoms. The van der Waals surface area contributed by atoms with E-state index in [2.05, 4.69) is 9.97 Å². The molecule has 0 unspecified atom stereocenters. The Morgan fingerprint density at radius 1 is 1.14 bits per heavy atom. The van der Waals surface area contributed by atoms with E-state index in [-0.39, 0.29) is 11.9 Å². The van der Waals surface area contributed by atoms with Crippen LogP contribution in [-0.4, -0.2) is 26.9 Å². The molecule has 0 atom stereocenters. The molecule has 2 aliphatic rings. The molecule has 2 N–H and O–H groups in total. The molecule has 6 nitrogen and oxygen atoms in total. The lowest BCUT2D eigenvalue weighted by molar-refractivity contribution is -0.117. The maximum Gasteiger partial charge on any atom is 0.234 e. The second kappa shape index (κ2) is 5.05. The fourth-order valence-electron chi connectivity index (χ4n) is 3.30. The molecule has 1 aliphatic carbocycles. The fraction of sp³-hybridized carbons (Fsp3) is 0.375. The molecule has 2 aromatic heterocycles. The average molecular weight is 295 g/mol. The summed E-state index contributed by atoms with van der Waals surface area (Å²) >= 11 is 0. The van der Waals surface area contributed by atoms with Gasteiger partial charge in [0.05, 0.1) is 24.0 Å². The number of fused-ring (bicyclic) bond motifs is 1. The van der Waals surface area contributed by atoms with Crippen molar-refractivity contribution in [3.63, 3.8) is 0 Å². The van der Waals surface area contributed by atoms with Crippen LogP contribution >= 0.6 is 0 Å². The Hall–Kier alpha value is -2.50. The number of aromatic nitrogens is 3. The van der Waals surface area contributed by atoms with Gasteiger partial charge in [0.2, 0.25) is 5.91 Å². The van der Waals surface area contributed by atoms with Crippen LogP contribution in [0.5, 0.6) is 0 Å². The highest BCUT2D eigenvalue weighted by atomic mass is 16.2. The van der Waals surface area contributed by atoms with E-state index in [0.29, 0.717) is 12.2 Å². The quantitative estimate of drug-likeness (QED) is 0.915. The van der Waals surface area contributed by atoms with Gasteiger partial charge in [-0.25, -0.2) is 9.97 Å². The third-order valence-electron chi connectivity index (χ3n) is 4.41. The minimum Gasteiger partial charge on any atom is -0.384 e. The van der Waals surface area contributed by atoms with Crippen LogP contribution in [0.3, 0.4) is 0 Å². The minimum atomic E-state index is 0.120. The van der Waals surface area contributed by atoms with Crippen LogP contribution < -0.4 is 10.6 Å². The highest BCUT2D eigenvalue weighted by Crippen LogP contribution is 2.34. The average Bonchev–Trinajstić information content (AvgIpc) is 3.13. The first-order valence-electron chi connectivity index (χ1n) is 7.62. The van der Waals surface area contributed by atoms with E-state index < -0.39 is 0 Å². The maximum absolute atomic E-state index is 12.3. The van der Waals surface area contributed by atoms with Crippen molar-refractivity contribution in [3.05, 3.63) is 30.2 Å². The number of hydrogen-bond donors (Lipinski definition) is 1. The smallest absolute Gasteiger partial charge is 0.234 e. The van der Waals surface area contributed by atoms with Crippen molar-refractivity contribution in [2.75, 3.05) is 10.6 Å². The van der Waals surface area contributed by atoms with Crippen molar-refractivity contribution in [2.45, 2.75) is 38.1 Å². The molecule has 0 aromatic carbocycles. The van der Waals surface area contributed by atoms with Gasteiger partial charge in [0.25, 0.3) is 0 Å². The van der Waals surface area contributed by atoms with Gasteiger partial charge in [-0.15, -0.1) is 0 Å². The molecule has 1 amide bonds. The number of nitrogen functional groups attached to an aromatic ring is 1. The molecule has 1 fully saturated rings. The number of pyridine rings is 1. The molecule has 22 heavy (non-hydrogen) atoms. The van der Waals surface area contributed by atoms with Crippen LogP contribution in [-0.2, 0) is 11.2 Å². The summed E-state index contributed by atoms with van der Waals surface area (Å²) in [4.78, 5) is 27.4. The summed E-state index contributed by atoms with van der Waals surface area (Å²) in [5, 5.41) is 0. The third kappa shape index (κ3) is 2.11.